The predicted octanol–water partition coefficient (Wildman–Crippen LogP) is 3.68. The number of hydrogen-bond donors (Lipinski definition) is 1. The van der Waals surface area contributed by atoms with Gasteiger partial charge in [-0.3, -0.25) is 4.90 Å². The van der Waals surface area contributed by atoms with E-state index in [9.17, 15) is 0 Å². The molecule has 0 aromatic carbocycles. The Hall–Kier alpha value is 0.130. The van der Waals surface area contributed by atoms with Crippen LogP contribution in [0.3, 0.4) is 0 Å². The van der Waals surface area contributed by atoms with Gasteiger partial charge < -0.3 is 5.32 Å². The summed E-state index contributed by atoms with van der Waals surface area (Å²) in [7, 11) is 0. The van der Waals surface area contributed by atoms with Gasteiger partial charge in [-0.25, -0.2) is 4.98 Å². The third-order valence-corrected chi connectivity index (χ3v) is 3.89. The minimum absolute atomic E-state index is 0. The normalized spacial score (nSPS) is 17.2. The average molecular weight is 385 g/mol. The Kier molecular flexibility index (Phi) is 10.0. The Bertz CT molecular complexity index is 367. The molecule has 1 aromatic rings. The van der Waals surface area contributed by atoms with E-state index in [4.69, 9.17) is 0 Å². The first-order valence-electron chi connectivity index (χ1n) is 6.73. The standard InChI is InChI=1S/C14H22BrN3.2ClH/c1-11(2)9-13(18-7-5-16-6-8-18)12-3-4-14(15)17-10-12;;/h3-4,10-11,13,16H,5-9H2,1-2H3;2*1H/t13-;;/m1../s1. The largest absolute Gasteiger partial charge is 0.314 e. The molecule has 1 aliphatic rings. The lowest BCUT2D eigenvalue weighted by molar-refractivity contribution is 0.154. The summed E-state index contributed by atoms with van der Waals surface area (Å²) in [4.78, 5) is 6.96. The molecule has 2 heterocycles. The fourth-order valence-electron chi connectivity index (χ4n) is 2.52. The first kappa shape index (κ1) is 20.1. The van der Waals surface area contributed by atoms with E-state index in [0.29, 0.717) is 12.0 Å². The van der Waals surface area contributed by atoms with Crippen LogP contribution >= 0.6 is 40.7 Å². The third kappa shape index (κ3) is 5.86. The second kappa shape index (κ2) is 9.96. The molecule has 0 bridgehead atoms. The Labute approximate surface area is 142 Å². The van der Waals surface area contributed by atoms with Crippen LogP contribution in [0.25, 0.3) is 0 Å². The molecule has 0 amide bonds. The molecule has 0 aliphatic carbocycles. The number of nitrogens with zero attached hydrogens (tertiary/aromatic N) is 2. The highest BCUT2D eigenvalue weighted by Gasteiger charge is 2.23. The second-order valence-corrected chi connectivity index (χ2v) is 6.16. The Morgan fingerprint density at radius 1 is 1.25 bits per heavy atom. The highest BCUT2D eigenvalue weighted by Crippen LogP contribution is 2.28. The summed E-state index contributed by atoms with van der Waals surface area (Å²) in [5.41, 5.74) is 1.34. The van der Waals surface area contributed by atoms with Gasteiger partial charge in [0.15, 0.2) is 0 Å². The second-order valence-electron chi connectivity index (χ2n) is 5.35. The zero-order valence-electron chi connectivity index (χ0n) is 12.0. The van der Waals surface area contributed by atoms with Crippen LogP contribution in [0.4, 0.5) is 0 Å². The van der Waals surface area contributed by atoms with Gasteiger partial charge in [-0.1, -0.05) is 19.9 Å². The van der Waals surface area contributed by atoms with E-state index in [-0.39, 0.29) is 24.8 Å². The summed E-state index contributed by atoms with van der Waals surface area (Å²) in [6.45, 7) is 9.04. The molecule has 116 valence electrons. The number of rotatable bonds is 4. The number of aromatic nitrogens is 1. The van der Waals surface area contributed by atoms with E-state index >= 15 is 0 Å². The molecule has 1 aliphatic heterocycles. The van der Waals surface area contributed by atoms with Crippen LogP contribution in [-0.4, -0.2) is 36.1 Å². The van der Waals surface area contributed by atoms with Crippen molar-refractivity contribution in [3.05, 3.63) is 28.5 Å². The van der Waals surface area contributed by atoms with Gasteiger partial charge in [-0.15, -0.1) is 24.8 Å². The highest BCUT2D eigenvalue weighted by atomic mass is 79.9. The van der Waals surface area contributed by atoms with Crippen molar-refractivity contribution in [2.75, 3.05) is 26.2 Å². The van der Waals surface area contributed by atoms with E-state index < -0.39 is 0 Å². The van der Waals surface area contributed by atoms with Crippen LogP contribution < -0.4 is 5.32 Å². The van der Waals surface area contributed by atoms with Gasteiger partial charge in [0.25, 0.3) is 0 Å². The Morgan fingerprint density at radius 3 is 2.40 bits per heavy atom. The Balaban J connectivity index is 0.00000180. The van der Waals surface area contributed by atoms with Crippen LogP contribution in [0, 0.1) is 5.92 Å². The van der Waals surface area contributed by atoms with Gasteiger partial charge >= 0.3 is 0 Å². The van der Waals surface area contributed by atoms with E-state index in [0.717, 1.165) is 30.8 Å². The van der Waals surface area contributed by atoms with Crippen LogP contribution in [-0.2, 0) is 0 Å². The van der Waals surface area contributed by atoms with Gasteiger partial charge in [-0.05, 0) is 39.9 Å². The monoisotopic (exact) mass is 383 g/mol. The van der Waals surface area contributed by atoms with Crippen molar-refractivity contribution in [2.24, 2.45) is 5.92 Å². The number of halogens is 3. The molecule has 1 saturated heterocycles. The molecule has 1 aromatic heterocycles. The summed E-state index contributed by atoms with van der Waals surface area (Å²) < 4.78 is 0.912. The summed E-state index contributed by atoms with van der Waals surface area (Å²) in [6.07, 6.45) is 3.21. The number of piperazine rings is 1. The average Bonchev–Trinajstić information content (AvgIpc) is 2.38. The minimum atomic E-state index is 0. The molecular formula is C14H24BrCl2N3. The third-order valence-electron chi connectivity index (χ3n) is 3.42. The fraction of sp³-hybridized carbons (Fsp3) is 0.643. The maximum Gasteiger partial charge on any atom is 0.106 e. The lowest BCUT2D eigenvalue weighted by Crippen LogP contribution is -2.45. The van der Waals surface area contributed by atoms with Crippen LogP contribution in [0.5, 0.6) is 0 Å². The van der Waals surface area contributed by atoms with Crippen LogP contribution in [0.1, 0.15) is 31.9 Å². The number of nitrogens with one attached hydrogen (secondary N) is 1. The highest BCUT2D eigenvalue weighted by molar-refractivity contribution is 9.10. The lowest BCUT2D eigenvalue weighted by atomic mass is 9.96. The zero-order chi connectivity index (χ0) is 13.0. The summed E-state index contributed by atoms with van der Waals surface area (Å²) in [6, 6.07) is 4.75. The van der Waals surface area contributed by atoms with Gasteiger partial charge in [-0.2, -0.15) is 0 Å². The van der Waals surface area contributed by atoms with Crippen molar-refractivity contribution in [1.82, 2.24) is 15.2 Å². The lowest BCUT2D eigenvalue weighted by Gasteiger charge is -2.36. The van der Waals surface area contributed by atoms with E-state index in [2.05, 4.69) is 51.0 Å². The van der Waals surface area contributed by atoms with E-state index in [1.807, 2.05) is 12.3 Å². The van der Waals surface area contributed by atoms with Crippen molar-refractivity contribution in [3.63, 3.8) is 0 Å². The first-order valence-corrected chi connectivity index (χ1v) is 7.52. The van der Waals surface area contributed by atoms with Crippen LogP contribution in [0.15, 0.2) is 22.9 Å². The molecule has 0 spiro atoms. The van der Waals surface area contributed by atoms with Crippen molar-refractivity contribution in [1.29, 1.82) is 0 Å². The number of hydrogen-bond acceptors (Lipinski definition) is 3. The molecule has 0 saturated carbocycles. The van der Waals surface area contributed by atoms with Crippen molar-refractivity contribution in [2.45, 2.75) is 26.3 Å². The molecule has 0 radical (unpaired) electrons. The molecule has 1 atom stereocenters. The van der Waals surface area contributed by atoms with Crippen LogP contribution in [0.2, 0.25) is 0 Å². The van der Waals surface area contributed by atoms with Crippen molar-refractivity contribution in [3.8, 4) is 0 Å². The molecule has 6 heteroatoms. The van der Waals surface area contributed by atoms with Gasteiger partial charge in [0.1, 0.15) is 4.60 Å². The first-order chi connectivity index (χ1) is 8.66. The molecule has 0 unspecified atom stereocenters. The maximum atomic E-state index is 4.38. The maximum absolute atomic E-state index is 4.38. The minimum Gasteiger partial charge on any atom is -0.314 e. The van der Waals surface area contributed by atoms with E-state index in [1.54, 1.807) is 0 Å². The van der Waals surface area contributed by atoms with Crippen molar-refractivity contribution < 1.29 is 0 Å². The van der Waals surface area contributed by atoms with E-state index in [1.165, 1.54) is 12.0 Å². The fourth-order valence-corrected chi connectivity index (χ4v) is 2.76. The molecule has 2 rings (SSSR count). The molecule has 1 fully saturated rings. The van der Waals surface area contributed by atoms with Crippen molar-refractivity contribution >= 4 is 40.7 Å². The molecule has 1 N–H and O–H groups in total. The summed E-state index contributed by atoms with van der Waals surface area (Å²) >= 11 is 3.41. The van der Waals surface area contributed by atoms with Gasteiger partial charge in [0, 0.05) is 38.4 Å². The predicted molar refractivity (Wildman–Crippen MR) is 93.1 cm³/mol. The molecule has 3 nitrogen and oxygen atoms in total. The van der Waals surface area contributed by atoms with Gasteiger partial charge in [0.05, 0.1) is 0 Å². The smallest absolute Gasteiger partial charge is 0.106 e. The quantitative estimate of drug-likeness (QED) is 0.802. The topological polar surface area (TPSA) is 28.2 Å². The van der Waals surface area contributed by atoms with Gasteiger partial charge in [0.2, 0.25) is 0 Å². The Morgan fingerprint density at radius 2 is 1.90 bits per heavy atom. The molecular weight excluding hydrogens is 361 g/mol. The molecule has 20 heavy (non-hydrogen) atoms. The SMILES string of the molecule is CC(C)C[C@H](c1ccc(Br)nc1)N1CCNCC1.Cl.Cl. The summed E-state index contributed by atoms with van der Waals surface area (Å²) in [5, 5.41) is 3.42. The zero-order valence-corrected chi connectivity index (χ0v) is 15.2. The number of pyridine rings is 1. The summed E-state index contributed by atoms with van der Waals surface area (Å²) in [5.74, 6) is 0.702.